The van der Waals surface area contributed by atoms with Crippen LogP contribution in [0.1, 0.15) is 35.6 Å². The second-order valence-electron chi connectivity index (χ2n) is 5.13. The summed E-state index contributed by atoms with van der Waals surface area (Å²) in [6, 6.07) is 21.1. The van der Waals surface area contributed by atoms with E-state index in [1.165, 1.54) is 11.1 Å². The fourth-order valence-electron chi connectivity index (χ4n) is 2.19. The van der Waals surface area contributed by atoms with Gasteiger partial charge < -0.3 is 5.32 Å². The monoisotopic (exact) mass is 264 g/mol. The summed E-state index contributed by atoms with van der Waals surface area (Å²) in [5, 5.41) is 12.8. The molecule has 0 saturated heterocycles. The third-order valence-corrected chi connectivity index (χ3v) is 3.56. The van der Waals surface area contributed by atoms with Crippen LogP contribution in [0.25, 0.3) is 0 Å². The van der Waals surface area contributed by atoms with Crippen LogP contribution in [0, 0.1) is 18.3 Å². The zero-order chi connectivity index (χ0) is 14.4. The first-order valence-electron chi connectivity index (χ1n) is 6.95. The number of hydrogen-bond acceptors (Lipinski definition) is 2. The molecule has 0 spiro atoms. The zero-order valence-corrected chi connectivity index (χ0v) is 12.0. The van der Waals surface area contributed by atoms with Crippen LogP contribution >= 0.6 is 0 Å². The molecule has 2 aromatic rings. The van der Waals surface area contributed by atoms with Crippen molar-refractivity contribution in [2.24, 2.45) is 0 Å². The highest BCUT2D eigenvalue weighted by Gasteiger charge is 2.12. The van der Waals surface area contributed by atoms with Crippen molar-refractivity contribution in [2.75, 3.05) is 6.54 Å². The molecule has 2 atom stereocenters. The molecule has 0 aliphatic rings. The van der Waals surface area contributed by atoms with Crippen molar-refractivity contribution in [3.8, 4) is 6.07 Å². The third kappa shape index (κ3) is 3.69. The van der Waals surface area contributed by atoms with Crippen LogP contribution < -0.4 is 5.32 Å². The first kappa shape index (κ1) is 14.3. The molecule has 0 heterocycles. The van der Waals surface area contributed by atoms with Crippen molar-refractivity contribution in [1.29, 1.82) is 5.26 Å². The summed E-state index contributed by atoms with van der Waals surface area (Å²) in [6.07, 6.45) is 0. The second-order valence-corrected chi connectivity index (χ2v) is 5.13. The molecular formula is C18H20N2. The van der Waals surface area contributed by atoms with Crippen LogP contribution in [-0.4, -0.2) is 6.54 Å². The fraction of sp³-hybridized carbons (Fsp3) is 0.278. The maximum Gasteiger partial charge on any atom is 0.0837 e. The number of aryl methyl sites for hydroxylation is 1. The smallest absolute Gasteiger partial charge is 0.0837 e. The van der Waals surface area contributed by atoms with Crippen molar-refractivity contribution in [1.82, 2.24) is 5.32 Å². The van der Waals surface area contributed by atoms with Crippen LogP contribution in [0.2, 0.25) is 0 Å². The van der Waals surface area contributed by atoms with Gasteiger partial charge in [0.15, 0.2) is 0 Å². The van der Waals surface area contributed by atoms with Crippen molar-refractivity contribution in [3.05, 3.63) is 71.3 Å². The molecule has 20 heavy (non-hydrogen) atoms. The molecule has 0 aliphatic carbocycles. The highest BCUT2D eigenvalue weighted by atomic mass is 14.9. The van der Waals surface area contributed by atoms with Crippen LogP contribution in [-0.2, 0) is 0 Å². The van der Waals surface area contributed by atoms with E-state index in [0.717, 1.165) is 5.56 Å². The Kier molecular flexibility index (Phi) is 4.92. The van der Waals surface area contributed by atoms with Gasteiger partial charge in [-0.3, -0.25) is 0 Å². The highest BCUT2D eigenvalue weighted by molar-refractivity contribution is 5.26. The molecular weight excluding hydrogens is 244 g/mol. The SMILES string of the molecule is Cc1ccc(C(C)NCC(C#N)c2ccccc2)cc1. The van der Waals surface area contributed by atoms with Crippen molar-refractivity contribution >= 4 is 0 Å². The minimum absolute atomic E-state index is 0.107. The van der Waals surface area contributed by atoms with Gasteiger partial charge >= 0.3 is 0 Å². The van der Waals surface area contributed by atoms with E-state index in [9.17, 15) is 5.26 Å². The first-order chi connectivity index (χ1) is 9.70. The lowest BCUT2D eigenvalue weighted by molar-refractivity contribution is 0.558. The molecule has 0 fully saturated rings. The number of nitrogens with zero attached hydrogens (tertiary/aromatic N) is 1. The van der Waals surface area contributed by atoms with Gasteiger partial charge in [0, 0.05) is 12.6 Å². The average Bonchev–Trinajstić information content (AvgIpc) is 2.49. The summed E-state index contributed by atoms with van der Waals surface area (Å²) in [6.45, 7) is 4.88. The maximum atomic E-state index is 9.31. The predicted molar refractivity (Wildman–Crippen MR) is 82.4 cm³/mol. The lowest BCUT2D eigenvalue weighted by Gasteiger charge is -2.17. The van der Waals surface area contributed by atoms with Gasteiger partial charge in [-0.25, -0.2) is 0 Å². The van der Waals surface area contributed by atoms with Crippen LogP contribution in [0.5, 0.6) is 0 Å². The summed E-state index contributed by atoms with van der Waals surface area (Å²) in [4.78, 5) is 0. The molecule has 2 rings (SSSR count). The Morgan fingerprint density at radius 1 is 1.00 bits per heavy atom. The van der Waals surface area contributed by atoms with E-state index in [2.05, 4.69) is 49.5 Å². The standard InChI is InChI=1S/C18H20N2/c1-14-8-10-16(11-9-14)15(2)20-13-18(12-19)17-6-4-3-5-7-17/h3-11,15,18,20H,13H2,1-2H3. The quantitative estimate of drug-likeness (QED) is 0.887. The molecule has 2 heteroatoms. The molecule has 0 aromatic heterocycles. The summed E-state index contributed by atoms with van der Waals surface area (Å²) in [5.41, 5.74) is 3.58. The molecule has 0 saturated carbocycles. The Hall–Kier alpha value is -2.11. The lowest BCUT2D eigenvalue weighted by atomic mass is 9.99. The third-order valence-electron chi connectivity index (χ3n) is 3.56. The molecule has 0 bridgehead atoms. The predicted octanol–water partition coefficient (Wildman–Crippen LogP) is 3.95. The van der Waals surface area contributed by atoms with Gasteiger partial charge in [-0.15, -0.1) is 0 Å². The topological polar surface area (TPSA) is 35.8 Å². The Morgan fingerprint density at radius 2 is 1.65 bits per heavy atom. The summed E-state index contributed by atoms with van der Waals surface area (Å²) >= 11 is 0. The molecule has 0 amide bonds. The maximum absolute atomic E-state index is 9.31. The summed E-state index contributed by atoms with van der Waals surface area (Å²) < 4.78 is 0. The molecule has 0 aliphatic heterocycles. The van der Waals surface area contributed by atoms with Gasteiger partial charge in [0.05, 0.1) is 12.0 Å². The van der Waals surface area contributed by atoms with Crippen molar-refractivity contribution in [2.45, 2.75) is 25.8 Å². The van der Waals surface area contributed by atoms with Crippen molar-refractivity contribution in [3.63, 3.8) is 0 Å². The number of nitriles is 1. The Morgan fingerprint density at radius 3 is 2.25 bits per heavy atom. The Balaban J connectivity index is 1.97. The minimum atomic E-state index is -0.107. The van der Waals surface area contributed by atoms with Gasteiger partial charge in [0.1, 0.15) is 0 Å². The van der Waals surface area contributed by atoms with Gasteiger partial charge in [-0.2, -0.15) is 5.26 Å². The molecule has 0 radical (unpaired) electrons. The summed E-state index contributed by atoms with van der Waals surface area (Å²) in [7, 11) is 0. The molecule has 1 N–H and O–H groups in total. The van der Waals surface area contributed by atoms with Gasteiger partial charge in [0.25, 0.3) is 0 Å². The molecule has 2 nitrogen and oxygen atoms in total. The van der Waals surface area contributed by atoms with E-state index in [-0.39, 0.29) is 12.0 Å². The second kappa shape index (κ2) is 6.88. The van der Waals surface area contributed by atoms with E-state index in [1.54, 1.807) is 0 Å². The number of benzene rings is 2. The van der Waals surface area contributed by atoms with E-state index in [1.807, 2.05) is 30.3 Å². The number of nitrogens with one attached hydrogen (secondary N) is 1. The van der Waals surface area contributed by atoms with Crippen molar-refractivity contribution < 1.29 is 0 Å². The van der Waals surface area contributed by atoms with E-state index < -0.39 is 0 Å². The van der Waals surface area contributed by atoms with Gasteiger partial charge in [0.2, 0.25) is 0 Å². The van der Waals surface area contributed by atoms with E-state index in [4.69, 9.17) is 0 Å². The molecule has 2 unspecified atom stereocenters. The van der Waals surface area contributed by atoms with E-state index in [0.29, 0.717) is 6.54 Å². The first-order valence-corrected chi connectivity index (χ1v) is 6.95. The fourth-order valence-corrected chi connectivity index (χ4v) is 2.19. The number of hydrogen-bond donors (Lipinski definition) is 1. The largest absolute Gasteiger partial charge is 0.309 e. The van der Waals surface area contributed by atoms with E-state index >= 15 is 0 Å². The minimum Gasteiger partial charge on any atom is -0.309 e. The average molecular weight is 264 g/mol. The lowest BCUT2D eigenvalue weighted by Crippen LogP contribution is -2.24. The molecule has 102 valence electrons. The number of rotatable bonds is 5. The molecule has 2 aromatic carbocycles. The van der Waals surface area contributed by atoms with Gasteiger partial charge in [-0.05, 0) is 25.0 Å². The van der Waals surface area contributed by atoms with Crippen LogP contribution in [0.3, 0.4) is 0 Å². The van der Waals surface area contributed by atoms with Crippen LogP contribution in [0.4, 0.5) is 0 Å². The zero-order valence-electron chi connectivity index (χ0n) is 12.0. The van der Waals surface area contributed by atoms with Crippen LogP contribution in [0.15, 0.2) is 54.6 Å². The Labute approximate surface area is 121 Å². The van der Waals surface area contributed by atoms with Gasteiger partial charge in [-0.1, -0.05) is 60.2 Å². The Bertz CT molecular complexity index is 567. The normalized spacial score (nSPS) is 13.4. The highest BCUT2D eigenvalue weighted by Crippen LogP contribution is 2.17. The summed E-state index contributed by atoms with van der Waals surface area (Å²) in [5.74, 6) is -0.107.